The highest BCUT2D eigenvalue weighted by molar-refractivity contribution is 5.73. The van der Waals surface area contributed by atoms with E-state index in [-0.39, 0.29) is 5.92 Å². The Kier molecular flexibility index (Phi) is 5.63. The van der Waals surface area contributed by atoms with Crippen molar-refractivity contribution in [2.45, 2.75) is 26.4 Å². The Hall–Kier alpha value is -1.75. The molecular formula is C14H21NO4. The summed E-state index contributed by atoms with van der Waals surface area (Å²) in [5.74, 6) is 0.559. The lowest BCUT2D eigenvalue weighted by molar-refractivity contribution is -0.140. The maximum absolute atomic E-state index is 11.1. The van der Waals surface area contributed by atoms with Crippen molar-refractivity contribution in [1.82, 2.24) is 5.32 Å². The molecule has 1 aromatic rings. The van der Waals surface area contributed by atoms with Crippen molar-refractivity contribution in [1.29, 1.82) is 0 Å². The van der Waals surface area contributed by atoms with E-state index < -0.39 is 12.0 Å². The zero-order valence-corrected chi connectivity index (χ0v) is 11.8. The number of carboxylic acids is 1. The van der Waals surface area contributed by atoms with Crippen LogP contribution >= 0.6 is 0 Å². The van der Waals surface area contributed by atoms with Gasteiger partial charge in [0.15, 0.2) is 0 Å². The molecule has 0 heterocycles. The molecule has 0 spiro atoms. The number of benzene rings is 1. The van der Waals surface area contributed by atoms with Gasteiger partial charge in [-0.1, -0.05) is 19.9 Å². The first-order valence-corrected chi connectivity index (χ1v) is 6.16. The highest BCUT2D eigenvalue weighted by Gasteiger charge is 2.21. The maximum Gasteiger partial charge on any atom is 0.320 e. The van der Waals surface area contributed by atoms with Gasteiger partial charge in [0.1, 0.15) is 17.5 Å². The van der Waals surface area contributed by atoms with Crippen LogP contribution in [0.2, 0.25) is 0 Å². The summed E-state index contributed by atoms with van der Waals surface area (Å²) in [6.07, 6.45) is 0. The lowest BCUT2D eigenvalue weighted by Crippen LogP contribution is -2.40. The zero-order valence-electron chi connectivity index (χ0n) is 11.8. The standard InChI is InChI=1S/C14H21NO4/c1-9(2)13(14(16)17)15-8-10-5-6-11(18-3)7-12(10)19-4/h5-7,9,13,15H,8H2,1-4H3,(H,16,17)/t13-/m0/s1. The summed E-state index contributed by atoms with van der Waals surface area (Å²) in [5, 5.41) is 12.1. The third-order valence-corrected chi connectivity index (χ3v) is 2.94. The van der Waals surface area contributed by atoms with Crippen molar-refractivity contribution >= 4 is 5.97 Å². The van der Waals surface area contributed by atoms with Gasteiger partial charge in [0.05, 0.1) is 14.2 Å². The molecule has 0 bridgehead atoms. The number of methoxy groups -OCH3 is 2. The number of carboxylic acid groups (broad SMARTS) is 1. The molecule has 0 aliphatic heterocycles. The summed E-state index contributed by atoms with van der Waals surface area (Å²) in [6, 6.07) is 4.89. The van der Waals surface area contributed by atoms with Crippen molar-refractivity contribution < 1.29 is 19.4 Å². The zero-order chi connectivity index (χ0) is 14.4. The summed E-state index contributed by atoms with van der Waals surface area (Å²) in [4.78, 5) is 11.1. The predicted molar refractivity (Wildman–Crippen MR) is 72.6 cm³/mol. The van der Waals surface area contributed by atoms with Gasteiger partial charge in [-0.3, -0.25) is 10.1 Å². The fourth-order valence-electron chi connectivity index (χ4n) is 1.83. The predicted octanol–water partition coefficient (Wildman–Crippen LogP) is 1.90. The summed E-state index contributed by atoms with van der Waals surface area (Å²) in [7, 11) is 3.17. The second kappa shape index (κ2) is 6.99. The van der Waals surface area contributed by atoms with E-state index in [1.165, 1.54) is 0 Å². The van der Waals surface area contributed by atoms with Crippen LogP contribution in [0, 0.1) is 5.92 Å². The molecule has 19 heavy (non-hydrogen) atoms. The fraction of sp³-hybridized carbons (Fsp3) is 0.500. The van der Waals surface area contributed by atoms with E-state index in [2.05, 4.69) is 5.32 Å². The van der Waals surface area contributed by atoms with Gasteiger partial charge in [-0.15, -0.1) is 0 Å². The first-order valence-electron chi connectivity index (χ1n) is 6.16. The molecule has 5 nitrogen and oxygen atoms in total. The number of rotatable bonds is 7. The molecular weight excluding hydrogens is 246 g/mol. The normalized spacial score (nSPS) is 12.3. The number of hydrogen-bond donors (Lipinski definition) is 2. The van der Waals surface area contributed by atoms with E-state index in [9.17, 15) is 4.79 Å². The minimum atomic E-state index is -0.845. The van der Waals surface area contributed by atoms with Gasteiger partial charge in [0, 0.05) is 18.2 Å². The lowest BCUT2D eigenvalue weighted by Gasteiger charge is -2.19. The SMILES string of the molecule is COc1ccc(CN[C@H](C(=O)O)C(C)C)c(OC)c1. The lowest BCUT2D eigenvalue weighted by atomic mass is 10.0. The summed E-state index contributed by atoms with van der Waals surface area (Å²) in [5.41, 5.74) is 0.898. The van der Waals surface area contributed by atoms with Gasteiger partial charge in [-0.2, -0.15) is 0 Å². The van der Waals surface area contributed by atoms with Gasteiger partial charge in [0.2, 0.25) is 0 Å². The minimum Gasteiger partial charge on any atom is -0.497 e. The Morgan fingerprint density at radius 2 is 2.00 bits per heavy atom. The summed E-state index contributed by atoms with van der Waals surface area (Å²) in [6.45, 7) is 4.18. The van der Waals surface area contributed by atoms with Crippen molar-refractivity contribution in [3.63, 3.8) is 0 Å². The maximum atomic E-state index is 11.1. The van der Waals surface area contributed by atoms with Gasteiger partial charge in [0.25, 0.3) is 0 Å². The largest absolute Gasteiger partial charge is 0.497 e. The molecule has 0 amide bonds. The van der Waals surface area contributed by atoms with E-state index >= 15 is 0 Å². The van der Waals surface area contributed by atoms with Gasteiger partial charge in [-0.25, -0.2) is 0 Å². The van der Waals surface area contributed by atoms with E-state index in [0.717, 1.165) is 5.56 Å². The molecule has 106 valence electrons. The van der Waals surface area contributed by atoms with Crippen molar-refractivity contribution in [2.75, 3.05) is 14.2 Å². The van der Waals surface area contributed by atoms with Crippen LogP contribution in [0.3, 0.4) is 0 Å². The fourth-order valence-corrected chi connectivity index (χ4v) is 1.83. The number of ether oxygens (including phenoxy) is 2. The van der Waals surface area contributed by atoms with Crippen molar-refractivity contribution in [3.8, 4) is 11.5 Å². The van der Waals surface area contributed by atoms with Crippen LogP contribution in [-0.4, -0.2) is 31.3 Å². The van der Waals surface area contributed by atoms with Crippen LogP contribution in [-0.2, 0) is 11.3 Å². The van der Waals surface area contributed by atoms with Crippen LogP contribution in [0.25, 0.3) is 0 Å². The minimum absolute atomic E-state index is 0.0155. The van der Waals surface area contributed by atoms with Gasteiger partial charge in [-0.05, 0) is 12.0 Å². The first kappa shape index (κ1) is 15.3. The Labute approximate surface area is 113 Å². The Morgan fingerprint density at radius 1 is 1.32 bits per heavy atom. The number of hydrogen-bond acceptors (Lipinski definition) is 4. The molecule has 0 aromatic heterocycles. The van der Waals surface area contributed by atoms with Crippen LogP contribution < -0.4 is 14.8 Å². The van der Waals surface area contributed by atoms with Crippen molar-refractivity contribution in [3.05, 3.63) is 23.8 Å². The molecule has 0 aliphatic rings. The van der Waals surface area contributed by atoms with E-state index in [0.29, 0.717) is 18.0 Å². The monoisotopic (exact) mass is 267 g/mol. The summed E-state index contributed by atoms with van der Waals surface area (Å²) < 4.78 is 10.4. The smallest absolute Gasteiger partial charge is 0.320 e. The van der Waals surface area contributed by atoms with E-state index in [4.69, 9.17) is 14.6 Å². The Balaban J connectivity index is 2.79. The van der Waals surface area contributed by atoms with Crippen LogP contribution in [0.4, 0.5) is 0 Å². The second-order valence-corrected chi connectivity index (χ2v) is 4.62. The molecule has 1 rings (SSSR count). The third kappa shape index (κ3) is 4.13. The van der Waals surface area contributed by atoms with Gasteiger partial charge < -0.3 is 14.6 Å². The molecule has 0 fully saturated rings. The first-order chi connectivity index (χ1) is 8.99. The van der Waals surface area contributed by atoms with Crippen LogP contribution in [0.1, 0.15) is 19.4 Å². The van der Waals surface area contributed by atoms with Gasteiger partial charge >= 0.3 is 5.97 Å². The van der Waals surface area contributed by atoms with Crippen LogP contribution in [0.5, 0.6) is 11.5 Å². The average Bonchev–Trinajstić information content (AvgIpc) is 2.38. The second-order valence-electron chi connectivity index (χ2n) is 4.62. The molecule has 0 unspecified atom stereocenters. The highest BCUT2D eigenvalue weighted by atomic mass is 16.5. The Morgan fingerprint density at radius 3 is 2.47 bits per heavy atom. The van der Waals surface area contributed by atoms with E-state index in [1.807, 2.05) is 26.0 Å². The molecule has 0 saturated heterocycles. The topological polar surface area (TPSA) is 67.8 Å². The number of nitrogens with one attached hydrogen (secondary N) is 1. The average molecular weight is 267 g/mol. The molecule has 2 N–H and O–H groups in total. The number of carbonyl (C=O) groups is 1. The Bertz CT molecular complexity index is 431. The van der Waals surface area contributed by atoms with Crippen molar-refractivity contribution in [2.24, 2.45) is 5.92 Å². The third-order valence-electron chi connectivity index (χ3n) is 2.94. The highest BCUT2D eigenvalue weighted by Crippen LogP contribution is 2.24. The quantitative estimate of drug-likeness (QED) is 0.789. The van der Waals surface area contributed by atoms with E-state index in [1.54, 1.807) is 20.3 Å². The molecule has 5 heteroatoms. The molecule has 0 radical (unpaired) electrons. The molecule has 1 atom stereocenters. The number of aliphatic carboxylic acids is 1. The molecule has 1 aromatic carbocycles. The molecule has 0 aliphatic carbocycles. The summed E-state index contributed by atoms with van der Waals surface area (Å²) >= 11 is 0. The molecule has 0 saturated carbocycles. The van der Waals surface area contributed by atoms with Crippen LogP contribution in [0.15, 0.2) is 18.2 Å².